The van der Waals surface area contributed by atoms with E-state index in [1.54, 1.807) is 24.3 Å². The number of ether oxygens (including phenoxy) is 1. The number of hydrogen-bond donors (Lipinski definition) is 1. The third kappa shape index (κ3) is 4.56. The van der Waals surface area contributed by atoms with Crippen molar-refractivity contribution in [2.24, 2.45) is 0 Å². The fourth-order valence-electron chi connectivity index (χ4n) is 1.33. The van der Waals surface area contributed by atoms with Gasteiger partial charge in [-0.15, -0.1) is 10.2 Å². The standard InChI is InChI=1S/C13H12ClN3O2/c14-12-6-7-13(17-16-12)15-8-10(18)9-19-11-4-2-1-3-5-11/h1-7H,8-9H2,(H,15,17). The molecule has 2 aromatic rings. The van der Waals surface area contributed by atoms with Gasteiger partial charge in [-0.25, -0.2) is 0 Å². The molecule has 0 amide bonds. The second kappa shape index (κ2) is 6.70. The maximum Gasteiger partial charge on any atom is 0.189 e. The fourth-order valence-corrected chi connectivity index (χ4v) is 1.43. The predicted octanol–water partition coefficient (Wildman–Crippen LogP) is 2.19. The van der Waals surface area contributed by atoms with E-state index in [4.69, 9.17) is 16.3 Å². The van der Waals surface area contributed by atoms with Gasteiger partial charge in [-0.05, 0) is 24.3 Å². The van der Waals surface area contributed by atoms with Gasteiger partial charge in [-0.1, -0.05) is 29.8 Å². The van der Waals surface area contributed by atoms with Gasteiger partial charge < -0.3 is 10.1 Å². The van der Waals surface area contributed by atoms with Crippen LogP contribution in [0.3, 0.4) is 0 Å². The first-order chi connectivity index (χ1) is 9.24. The first-order valence-electron chi connectivity index (χ1n) is 5.67. The van der Waals surface area contributed by atoms with Gasteiger partial charge in [0.05, 0.1) is 6.54 Å². The van der Waals surface area contributed by atoms with Crippen LogP contribution in [0.15, 0.2) is 42.5 Å². The SMILES string of the molecule is O=C(CNc1ccc(Cl)nn1)COc1ccccc1. The molecule has 0 unspecified atom stereocenters. The number of hydrogen-bond acceptors (Lipinski definition) is 5. The third-order valence-corrected chi connectivity index (χ3v) is 2.44. The van der Waals surface area contributed by atoms with Gasteiger partial charge in [-0.2, -0.15) is 0 Å². The molecule has 0 aliphatic rings. The van der Waals surface area contributed by atoms with Crippen LogP contribution in [0.25, 0.3) is 0 Å². The summed E-state index contributed by atoms with van der Waals surface area (Å²) in [6.45, 7) is 0.140. The van der Waals surface area contributed by atoms with E-state index in [9.17, 15) is 4.79 Å². The molecule has 1 aromatic heterocycles. The van der Waals surface area contributed by atoms with Gasteiger partial charge in [0.15, 0.2) is 10.9 Å². The van der Waals surface area contributed by atoms with E-state index >= 15 is 0 Å². The monoisotopic (exact) mass is 277 g/mol. The van der Waals surface area contributed by atoms with E-state index in [0.29, 0.717) is 16.7 Å². The quantitative estimate of drug-likeness (QED) is 0.877. The topological polar surface area (TPSA) is 64.1 Å². The molecule has 0 saturated carbocycles. The number of nitrogens with one attached hydrogen (secondary N) is 1. The lowest BCUT2D eigenvalue weighted by Crippen LogP contribution is -2.21. The van der Waals surface area contributed by atoms with Crippen LogP contribution in [-0.4, -0.2) is 29.1 Å². The van der Waals surface area contributed by atoms with Crippen LogP contribution in [0.1, 0.15) is 0 Å². The summed E-state index contributed by atoms with van der Waals surface area (Å²) in [6, 6.07) is 12.4. The zero-order valence-corrected chi connectivity index (χ0v) is 10.8. The summed E-state index contributed by atoms with van der Waals surface area (Å²) >= 11 is 5.60. The number of para-hydroxylation sites is 1. The van der Waals surface area contributed by atoms with Crippen molar-refractivity contribution in [2.75, 3.05) is 18.5 Å². The van der Waals surface area contributed by atoms with Crippen molar-refractivity contribution in [2.45, 2.75) is 0 Å². The Labute approximate surface area is 115 Å². The molecule has 0 aliphatic heterocycles. The van der Waals surface area contributed by atoms with Crippen molar-refractivity contribution in [3.63, 3.8) is 0 Å². The number of anilines is 1. The Kier molecular flexibility index (Phi) is 4.69. The molecule has 1 aromatic carbocycles. The molecule has 0 aliphatic carbocycles. The Balaban J connectivity index is 1.74. The molecule has 6 heteroatoms. The number of Topliss-reactive ketones (excluding diaryl/α,β-unsaturated/α-hetero) is 1. The summed E-state index contributed by atoms with van der Waals surface area (Å²) in [5.74, 6) is 1.08. The van der Waals surface area contributed by atoms with Gasteiger partial charge >= 0.3 is 0 Å². The zero-order valence-electron chi connectivity index (χ0n) is 10.0. The van der Waals surface area contributed by atoms with Gasteiger partial charge in [0.1, 0.15) is 18.2 Å². The minimum absolute atomic E-state index is 0.0119. The third-order valence-electron chi connectivity index (χ3n) is 2.24. The number of nitrogens with zero attached hydrogens (tertiary/aromatic N) is 2. The summed E-state index contributed by atoms with van der Waals surface area (Å²) in [5.41, 5.74) is 0. The van der Waals surface area contributed by atoms with E-state index < -0.39 is 0 Å². The molecule has 1 heterocycles. The van der Waals surface area contributed by atoms with Gasteiger partial charge in [-0.3, -0.25) is 4.79 Å². The van der Waals surface area contributed by atoms with Crippen LogP contribution in [-0.2, 0) is 4.79 Å². The molecule has 0 atom stereocenters. The molecule has 0 saturated heterocycles. The Morgan fingerprint density at radius 3 is 2.63 bits per heavy atom. The van der Waals surface area contributed by atoms with Crippen LogP contribution in [0.5, 0.6) is 5.75 Å². The molecule has 1 N–H and O–H groups in total. The van der Waals surface area contributed by atoms with Crippen LogP contribution in [0.2, 0.25) is 5.15 Å². The smallest absolute Gasteiger partial charge is 0.189 e. The van der Waals surface area contributed by atoms with E-state index in [0.717, 1.165) is 0 Å². The number of aromatic nitrogens is 2. The van der Waals surface area contributed by atoms with E-state index in [1.165, 1.54) is 0 Å². The Bertz CT molecular complexity index is 531. The second-order valence-corrected chi connectivity index (χ2v) is 4.12. The average Bonchev–Trinajstić information content (AvgIpc) is 2.45. The summed E-state index contributed by atoms with van der Waals surface area (Å²) < 4.78 is 5.33. The Morgan fingerprint density at radius 1 is 1.16 bits per heavy atom. The highest BCUT2D eigenvalue weighted by Crippen LogP contribution is 2.08. The summed E-state index contributed by atoms with van der Waals surface area (Å²) in [6.07, 6.45) is 0. The molecular weight excluding hydrogens is 266 g/mol. The number of carbonyl (C=O) groups excluding carboxylic acids is 1. The molecule has 5 nitrogen and oxygen atoms in total. The highest BCUT2D eigenvalue weighted by molar-refractivity contribution is 6.29. The van der Waals surface area contributed by atoms with Gasteiger partial charge in [0, 0.05) is 0 Å². The molecule has 0 fully saturated rings. The van der Waals surface area contributed by atoms with Gasteiger partial charge in [0.2, 0.25) is 0 Å². The molecule has 98 valence electrons. The highest BCUT2D eigenvalue weighted by atomic mass is 35.5. The first-order valence-corrected chi connectivity index (χ1v) is 6.04. The number of benzene rings is 1. The van der Waals surface area contributed by atoms with E-state index in [2.05, 4.69) is 15.5 Å². The maximum atomic E-state index is 11.6. The lowest BCUT2D eigenvalue weighted by atomic mass is 10.3. The normalized spacial score (nSPS) is 9.95. The van der Waals surface area contributed by atoms with Crippen LogP contribution < -0.4 is 10.1 Å². The van der Waals surface area contributed by atoms with Crippen molar-refractivity contribution < 1.29 is 9.53 Å². The van der Waals surface area contributed by atoms with Crippen molar-refractivity contribution in [1.29, 1.82) is 0 Å². The van der Waals surface area contributed by atoms with Crippen LogP contribution in [0.4, 0.5) is 5.82 Å². The highest BCUT2D eigenvalue weighted by Gasteiger charge is 2.04. The summed E-state index contributed by atoms with van der Waals surface area (Å²) in [7, 11) is 0. The Morgan fingerprint density at radius 2 is 1.95 bits per heavy atom. The Hall–Kier alpha value is -2.14. The molecular formula is C13H12ClN3O2. The number of carbonyl (C=O) groups is 1. The van der Waals surface area contributed by atoms with Crippen molar-refractivity contribution in [3.8, 4) is 5.75 Å². The lowest BCUT2D eigenvalue weighted by molar-refractivity contribution is -0.119. The van der Waals surface area contributed by atoms with Crippen LogP contribution in [0, 0.1) is 0 Å². The van der Waals surface area contributed by atoms with Gasteiger partial charge in [0.25, 0.3) is 0 Å². The minimum atomic E-state index is -0.0828. The number of ketones is 1. The lowest BCUT2D eigenvalue weighted by Gasteiger charge is -2.06. The summed E-state index contributed by atoms with van der Waals surface area (Å²) in [5, 5.41) is 10.6. The number of rotatable bonds is 6. The van der Waals surface area contributed by atoms with Crippen molar-refractivity contribution in [3.05, 3.63) is 47.6 Å². The second-order valence-electron chi connectivity index (χ2n) is 3.74. The van der Waals surface area contributed by atoms with Crippen molar-refractivity contribution >= 4 is 23.2 Å². The molecule has 2 rings (SSSR count). The predicted molar refractivity (Wildman–Crippen MR) is 72.5 cm³/mol. The van der Waals surface area contributed by atoms with Crippen LogP contribution >= 0.6 is 11.6 Å². The molecule has 0 radical (unpaired) electrons. The molecule has 0 bridgehead atoms. The minimum Gasteiger partial charge on any atom is -0.486 e. The largest absolute Gasteiger partial charge is 0.486 e. The first kappa shape index (κ1) is 13.3. The fraction of sp³-hybridized carbons (Fsp3) is 0.154. The molecule has 19 heavy (non-hydrogen) atoms. The zero-order chi connectivity index (χ0) is 13.5. The maximum absolute atomic E-state index is 11.6. The average molecular weight is 278 g/mol. The van der Waals surface area contributed by atoms with E-state index in [1.807, 2.05) is 18.2 Å². The number of halogens is 1. The van der Waals surface area contributed by atoms with Crippen molar-refractivity contribution in [1.82, 2.24) is 10.2 Å². The summed E-state index contributed by atoms with van der Waals surface area (Å²) in [4.78, 5) is 11.6. The van der Waals surface area contributed by atoms with E-state index in [-0.39, 0.29) is 18.9 Å². The molecule has 0 spiro atoms.